The molecule has 0 unspecified atom stereocenters. The zero-order valence-electron chi connectivity index (χ0n) is 5.80. The molecular weight excluding hydrogens is 190 g/mol. The quantitative estimate of drug-likeness (QED) is 0.627. The molecule has 0 bridgehead atoms. The molecule has 0 rings (SSSR count). The van der Waals surface area contributed by atoms with Crippen molar-refractivity contribution in [1.82, 2.24) is 0 Å². The molecule has 7 heteroatoms. The first-order valence-electron chi connectivity index (χ1n) is 2.91. The minimum Gasteiger partial charge on any atom is -0.317 e. The van der Waals surface area contributed by atoms with Crippen molar-refractivity contribution >= 4 is 0 Å². The molecule has 0 fully saturated rings. The lowest BCUT2D eigenvalue weighted by molar-refractivity contribution is -0.293. The minimum atomic E-state index is -5.01. The maximum atomic E-state index is 12.0. The Bertz CT molecular complexity index is 130. The van der Waals surface area contributed by atoms with Crippen LogP contribution in [0.4, 0.5) is 26.3 Å². The molecule has 12 heavy (non-hydrogen) atoms. The van der Waals surface area contributed by atoms with E-state index in [4.69, 9.17) is 0 Å². The molecule has 0 amide bonds. The third-order valence-corrected chi connectivity index (χ3v) is 0.797. The normalized spacial score (nSPS) is 13.5. The van der Waals surface area contributed by atoms with Gasteiger partial charge in [0, 0.05) is 0 Å². The van der Waals surface area contributed by atoms with Gasteiger partial charge in [0.05, 0.1) is 6.61 Å². The van der Waals surface area contributed by atoms with Crippen LogP contribution < -0.4 is 0 Å². The summed E-state index contributed by atoms with van der Waals surface area (Å²) in [5.41, 5.74) is 0. The van der Waals surface area contributed by atoms with Gasteiger partial charge in [-0.05, 0) is 0 Å². The van der Waals surface area contributed by atoms with Gasteiger partial charge in [-0.15, -0.1) is 0 Å². The summed E-state index contributed by atoms with van der Waals surface area (Å²) in [6.45, 7) is -2.28. The summed E-state index contributed by atoms with van der Waals surface area (Å²) < 4.78 is 72.5. The average molecular weight is 196 g/mol. The van der Waals surface area contributed by atoms with Crippen LogP contribution >= 0.6 is 0 Å². The average Bonchev–Trinajstić information content (AvgIpc) is 1.78. The smallest absolute Gasteiger partial charge is 0.317 e. The highest BCUT2D eigenvalue weighted by molar-refractivity contribution is 4.60. The van der Waals surface area contributed by atoms with Crippen LogP contribution in [0.25, 0.3) is 0 Å². The van der Waals surface area contributed by atoms with Crippen molar-refractivity contribution in [2.45, 2.75) is 18.7 Å². The summed E-state index contributed by atoms with van der Waals surface area (Å²) in [7, 11) is 0. The molecule has 0 aromatic carbocycles. The van der Waals surface area contributed by atoms with Gasteiger partial charge in [-0.25, -0.2) is 4.39 Å². The van der Waals surface area contributed by atoms with Crippen molar-refractivity contribution in [3.63, 3.8) is 0 Å². The van der Waals surface area contributed by atoms with E-state index in [9.17, 15) is 26.3 Å². The van der Waals surface area contributed by atoms with Crippen LogP contribution in [-0.2, 0) is 4.74 Å². The van der Waals surface area contributed by atoms with Crippen molar-refractivity contribution in [3.8, 4) is 0 Å². The highest BCUT2D eigenvalue weighted by Gasteiger charge is 2.44. The van der Waals surface area contributed by atoms with E-state index in [0.29, 0.717) is 0 Å². The standard InChI is InChI=1S/C5H6F6O/c6-1-2-12-5(10,11)3-4(7,8)9/h1-3H2. The van der Waals surface area contributed by atoms with Gasteiger partial charge in [0.1, 0.15) is 13.1 Å². The fourth-order valence-electron chi connectivity index (χ4n) is 0.472. The fraction of sp³-hybridized carbons (Fsp3) is 1.00. The van der Waals surface area contributed by atoms with Gasteiger partial charge in [0.25, 0.3) is 0 Å². The van der Waals surface area contributed by atoms with Gasteiger partial charge in [-0.3, -0.25) is 0 Å². The minimum absolute atomic E-state index is 1.04. The van der Waals surface area contributed by atoms with Crippen LogP contribution in [0, 0.1) is 0 Å². The lowest BCUT2D eigenvalue weighted by atomic mass is 10.4. The Morgan fingerprint density at radius 2 is 1.50 bits per heavy atom. The van der Waals surface area contributed by atoms with Crippen LogP contribution in [0.2, 0.25) is 0 Å². The predicted molar refractivity (Wildman–Crippen MR) is 27.5 cm³/mol. The molecule has 0 saturated heterocycles. The van der Waals surface area contributed by atoms with Gasteiger partial charge in [-0.1, -0.05) is 0 Å². The lowest BCUT2D eigenvalue weighted by Crippen LogP contribution is -2.29. The van der Waals surface area contributed by atoms with Crippen molar-refractivity contribution in [2.75, 3.05) is 13.3 Å². The Morgan fingerprint density at radius 3 is 1.83 bits per heavy atom. The molecule has 0 aliphatic carbocycles. The first-order valence-corrected chi connectivity index (χ1v) is 2.91. The summed E-state index contributed by atoms with van der Waals surface area (Å²) in [5, 5.41) is 0. The molecule has 0 radical (unpaired) electrons. The molecule has 0 aromatic rings. The maximum absolute atomic E-state index is 12.0. The van der Waals surface area contributed by atoms with Crippen LogP contribution in [0.1, 0.15) is 6.42 Å². The molecule has 0 aromatic heterocycles. The SMILES string of the molecule is FCCOC(F)(F)CC(F)(F)F. The molecule has 0 aliphatic rings. The summed E-state index contributed by atoms with van der Waals surface area (Å²) in [6, 6.07) is 0. The van der Waals surface area contributed by atoms with Gasteiger partial charge in [0.15, 0.2) is 0 Å². The van der Waals surface area contributed by atoms with E-state index in [0.717, 1.165) is 0 Å². The summed E-state index contributed by atoms with van der Waals surface area (Å²) in [6.07, 6.45) is -11.7. The van der Waals surface area contributed by atoms with E-state index in [1.807, 2.05) is 0 Å². The molecule has 0 aliphatic heterocycles. The van der Waals surface area contributed by atoms with Crippen LogP contribution in [0.3, 0.4) is 0 Å². The number of alkyl halides is 6. The molecule has 0 N–H and O–H groups in total. The zero-order valence-corrected chi connectivity index (χ0v) is 5.80. The molecule has 0 atom stereocenters. The lowest BCUT2D eigenvalue weighted by Gasteiger charge is -2.17. The van der Waals surface area contributed by atoms with E-state index < -0.39 is 32.0 Å². The summed E-state index contributed by atoms with van der Waals surface area (Å²) in [4.78, 5) is 0. The number of ether oxygens (including phenoxy) is 1. The Kier molecular flexibility index (Phi) is 3.82. The largest absolute Gasteiger partial charge is 0.397 e. The van der Waals surface area contributed by atoms with Crippen LogP contribution in [0.5, 0.6) is 0 Å². The number of hydrogen-bond donors (Lipinski definition) is 0. The number of hydrogen-bond acceptors (Lipinski definition) is 1. The monoisotopic (exact) mass is 196 g/mol. The molecule has 0 heterocycles. The molecular formula is C5H6F6O. The topological polar surface area (TPSA) is 9.23 Å². The second-order valence-electron chi connectivity index (χ2n) is 1.97. The molecule has 74 valence electrons. The summed E-state index contributed by atoms with van der Waals surface area (Å²) >= 11 is 0. The second-order valence-corrected chi connectivity index (χ2v) is 1.97. The van der Waals surface area contributed by atoms with E-state index in [2.05, 4.69) is 4.74 Å². The van der Waals surface area contributed by atoms with E-state index in [1.165, 1.54) is 0 Å². The van der Waals surface area contributed by atoms with Gasteiger partial charge >= 0.3 is 12.3 Å². The first kappa shape index (κ1) is 11.5. The van der Waals surface area contributed by atoms with Crippen molar-refractivity contribution in [1.29, 1.82) is 0 Å². The van der Waals surface area contributed by atoms with Crippen molar-refractivity contribution in [3.05, 3.63) is 0 Å². The third kappa shape index (κ3) is 6.26. The van der Waals surface area contributed by atoms with Crippen LogP contribution in [-0.4, -0.2) is 25.6 Å². The van der Waals surface area contributed by atoms with E-state index >= 15 is 0 Å². The van der Waals surface area contributed by atoms with E-state index in [-0.39, 0.29) is 0 Å². The predicted octanol–water partition coefficient (Wildman–Crippen LogP) is 2.52. The Hall–Kier alpha value is -0.460. The molecule has 1 nitrogen and oxygen atoms in total. The van der Waals surface area contributed by atoms with Gasteiger partial charge < -0.3 is 4.74 Å². The number of halogens is 6. The second kappa shape index (κ2) is 3.97. The highest BCUT2D eigenvalue weighted by Crippen LogP contribution is 2.31. The fourth-order valence-corrected chi connectivity index (χ4v) is 0.472. The zero-order chi connectivity index (χ0) is 9.83. The highest BCUT2D eigenvalue weighted by atomic mass is 19.4. The van der Waals surface area contributed by atoms with E-state index in [1.54, 1.807) is 0 Å². The number of rotatable bonds is 4. The molecule has 0 saturated carbocycles. The van der Waals surface area contributed by atoms with Crippen molar-refractivity contribution in [2.24, 2.45) is 0 Å². The molecule has 0 spiro atoms. The first-order chi connectivity index (χ1) is 5.27. The van der Waals surface area contributed by atoms with Gasteiger partial charge in [0.2, 0.25) is 0 Å². The Labute approximate surface area is 64.3 Å². The Morgan fingerprint density at radius 1 is 1.00 bits per heavy atom. The van der Waals surface area contributed by atoms with Crippen LogP contribution in [0.15, 0.2) is 0 Å². The van der Waals surface area contributed by atoms with Gasteiger partial charge in [-0.2, -0.15) is 22.0 Å². The van der Waals surface area contributed by atoms with Crippen molar-refractivity contribution < 1.29 is 31.1 Å². The Balaban J connectivity index is 3.86. The summed E-state index contributed by atoms with van der Waals surface area (Å²) in [5.74, 6) is 0. The third-order valence-electron chi connectivity index (χ3n) is 0.797. The maximum Gasteiger partial charge on any atom is 0.397 e.